The minimum absolute atomic E-state index is 0.285. The third-order valence-electron chi connectivity index (χ3n) is 3.12. The molecule has 1 aliphatic rings. The van der Waals surface area contributed by atoms with Crippen LogP contribution in [0.5, 0.6) is 0 Å². The van der Waals surface area contributed by atoms with E-state index in [4.69, 9.17) is 0 Å². The summed E-state index contributed by atoms with van der Waals surface area (Å²) in [6.07, 6.45) is 3.37. The molecule has 1 aliphatic carbocycles. The first kappa shape index (κ1) is 13.0. The smallest absolute Gasteiger partial charge is 0.165 e. The summed E-state index contributed by atoms with van der Waals surface area (Å²) in [5.74, 6) is 1.36. The molecule has 0 saturated heterocycles. The van der Waals surface area contributed by atoms with E-state index in [-0.39, 0.29) is 5.92 Å². The Labute approximate surface area is 98.9 Å². The molecule has 2 atom stereocenters. The summed E-state index contributed by atoms with van der Waals surface area (Å²) in [6, 6.07) is 9.67. The van der Waals surface area contributed by atoms with Crippen LogP contribution in [0.1, 0.15) is 50.4 Å². The average molecular weight is 218 g/mol. The summed E-state index contributed by atoms with van der Waals surface area (Å²) in [5, 5.41) is 0. The standard InChI is InChI=1S/C13H16O.C2H6/c1-10-7-8-12(9-10)13(14)11-5-3-2-4-6-11;1-2/h2-6,10,12H,7-9H2,1H3;1-2H3/t10-,12+;/m0./s1. The van der Waals surface area contributed by atoms with Crippen molar-refractivity contribution in [2.75, 3.05) is 0 Å². The molecule has 0 aromatic heterocycles. The van der Waals surface area contributed by atoms with Crippen molar-refractivity contribution in [2.24, 2.45) is 11.8 Å². The fourth-order valence-corrected chi connectivity index (χ4v) is 2.28. The molecule has 1 saturated carbocycles. The van der Waals surface area contributed by atoms with Gasteiger partial charge in [0.1, 0.15) is 0 Å². The zero-order valence-electron chi connectivity index (χ0n) is 10.6. The molecule has 0 heterocycles. The van der Waals surface area contributed by atoms with Crippen molar-refractivity contribution in [2.45, 2.75) is 40.0 Å². The van der Waals surface area contributed by atoms with Crippen molar-refractivity contribution in [1.82, 2.24) is 0 Å². The second-order valence-electron chi connectivity index (χ2n) is 4.35. The fourth-order valence-electron chi connectivity index (χ4n) is 2.28. The van der Waals surface area contributed by atoms with Crippen LogP contribution in [0.15, 0.2) is 30.3 Å². The quantitative estimate of drug-likeness (QED) is 0.675. The number of rotatable bonds is 2. The fraction of sp³-hybridized carbons (Fsp3) is 0.533. The lowest BCUT2D eigenvalue weighted by atomic mass is 9.95. The van der Waals surface area contributed by atoms with E-state index in [1.807, 2.05) is 44.2 Å². The van der Waals surface area contributed by atoms with Gasteiger partial charge in [0, 0.05) is 11.5 Å². The van der Waals surface area contributed by atoms with E-state index >= 15 is 0 Å². The Balaban J connectivity index is 0.000000606. The number of hydrogen-bond donors (Lipinski definition) is 0. The van der Waals surface area contributed by atoms with Gasteiger partial charge >= 0.3 is 0 Å². The zero-order valence-corrected chi connectivity index (χ0v) is 10.6. The van der Waals surface area contributed by atoms with Gasteiger partial charge in [-0.2, -0.15) is 0 Å². The van der Waals surface area contributed by atoms with E-state index in [0.717, 1.165) is 24.3 Å². The predicted octanol–water partition coefficient (Wildman–Crippen LogP) is 4.33. The van der Waals surface area contributed by atoms with E-state index in [0.29, 0.717) is 5.78 Å². The lowest BCUT2D eigenvalue weighted by molar-refractivity contribution is 0.0920. The van der Waals surface area contributed by atoms with E-state index in [9.17, 15) is 4.79 Å². The second kappa shape index (κ2) is 6.47. The van der Waals surface area contributed by atoms with Crippen LogP contribution in [0.4, 0.5) is 0 Å². The van der Waals surface area contributed by atoms with Gasteiger partial charge in [-0.3, -0.25) is 4.79 Å². The van der Waals surface area contributed by atoms with Gasteiger partial charge in [0.15, 0.2) is 5.78 Å². The minimum Gasteiger partial charge on any atom is -0.294 e. The van der Waals surface area contributed by atoms with E-state index < -0.39 is 0 Å². The summed E-state index contributed by atoms with van der Waals surface area (Å²) in [5.41, 5.74) is 0.881. The van der Waals surface area contributed by atoms with Crippen LogP contribution < -0.4 is 0 Å². The largest absolute Gasteiger partial charge is 0.294 e. The highest BCUT2D eigenvalue weighted by molar-refractivity contribution is 5.97. The zero-order chi connectivity index (χ0) is 12.0. The SMILES string of the molecule is CC.C[C@H]1CC[C@@H](C(=O)c2ccccc2)C1. The molecule has 1 aromatic carbocycles. The Hall–Kier alpha value is -1.11. The van der Waals surface area contributed by atoms with Crippen molar-refractivity contribution in [1.29, 1.82) is 0 Å². The second-order valence-corrected chi connectivity index (χ2v) is 4.35. The molecule has 0 bridgehead atoms. The van der Waals surface area contributed by atoms with Gasteiger partial charge in [0.05, 0.1) is 0 Å². The normalized spacial score (nSPS) is 23.4. The van der Waals surface area contributed by atoms with Crippen LogP contribution in [0, 0.1) is 11.8 Å². The molecule has 0 aliphatic heterocycles. The van der Waals surface area contributed by atoms with Gasteiger partial charge in [-0.1, -0.05) is 51.1 Å². The van der Waals surface area contributed by atoms with Crippen molar-refractivity contribution < 1.29 is 4.79 Å². The Morgan fingerprint density at radius 1 is 1.12 bits per heavy atom. The van der Waals surface area contributed by atoms with Gasteiger partial charge in [-0.15, -0.1) is 0 Å². The molecule has 1 nitrogen and oxygen atoms in total. The Morgan fingerprint density at radius 3 is 2.25 bits per heavy atom. The van der Waals surface area contributed by atoms with Gasteiger partial charge < -0.3 is 0 Å². The molecule has 1 fully saturated rings. The number of Topliss-reactive ketones (excluding diaryl/α,β-unsaturated/α-hetero) is 1. The number of ketones is 1. The topological polar surface area (TPSA) is 17.1 Å². The summed E-state index contributed by atoms with van der Waals surface area (Å²) < 4.78 is 0. The maximum atomic E-state index is 12.0. The number of benzene rings is 1. The lowest BCUT2D eigenvalue weighted by Crippen LogP contribution is -2.11. The molecule has 0 amide bonds. The van der Waals surface area contributed by atoms with Crippen LogP contribution >= 0.6 is 0 Å². The molecule has 16 heavy (non-hydrogen) atoms. The molecule has 2 rings (SSSR count). The Kier molecular flexibility index (Phi) is 5.24. The Morgan fingerprint density at radius 2 is 1.75 bits per heavy atom. The minimum atomic E-state index is 0.285. The van der Waals surface area contributed by atoms with E-state index in [2.05, 4.69) is 6.92 Å². The lowest BCUT2D eigenvalue weighted by Gasteiger charge is -2.07. The first-order valence-corrected chi connectivity index (χ1v) is 6.36. The van der Waals surface area contributed by atoms with Crippen molar-refractivity contribution >= 4 is 5.78 Å². The third-order valence-corrected chi connectivity index (χ3v) is 3.12. The summed E-state index contributed by atoms with van der Waals surface area (Å²) in [4.78, 5) is 12.0. The van der Waals surface area contributed by atoms with E-state index in [1.54, 1.807) is 0 Å². The van der Waals surface area contributed by atoms with Gasteiger partial charge in [-0.05, 0) is 25.2 Å². The number of hydrogen-bond acceptors (Lipinski definition) is 1. The molecule has 88 valence electrons. The van der Waals surface area contributed by atoms with Gasteiger partial charge in [0.25, 0.3) is 0 Å². The molecule has 0 spiro atoms. The van der Waals surface area contributed by atoms with Crippen molar-refractivity contribution in [3.05, 3.63) is 35.9 Å². The maximum absolute atomic E-state index is 12.0. The Bertz CT molecular complexity index is 315. The molecule has 1 heteroatoms. The highest BCUT2D eigenvalue weighted by atomic mass is 16.1. The maximum Gasteiger partial charge on any atom is 0.165 e. The molecular weight excluding hydrogens is 196 g/mol. The molecule has 1 aromatic rings. The first-order chi connectivity index (χ1) is 7.77. The monoisotopic (exact) mass is 218 g/mol. The summed E-state index contributed by atoms with van der Waals surface area (Å²) in [6.45, 7) is 6.23. The third kappa shape index (κ3) is 3.19. The average Bonchev–Trinajstić information content (AvgIpc) is 2.79. The van der Waals surface area contributed by atoms with E-state index in [1.165, 1.54) is 6.42 Å². The van der Waals surface area contributed by atoms with Crippen LogP contribution in [-0.4, -0.2) is 5.78 Å². The number of carbonyl (C=O) groups excluding carboxylic acids is 1. The number of carbonyl (C=O) groups is 1. The van der Waals surface area contributed by atoms with Crippen LogP contribution in [-0.2, 0) is 0 Å². The van der Waals surface area contributed by atoms with Crippen LogP contribution in [0.2, 0.25) is 0 Å². The summed E-state index contributed by atoms with van der Waals surface area (Å²) >= 11 is 0. The summed E-state index contributed by atoms with van der Waals surface area (Å²) in [7, 11) is 0. The molecule has 0 N–H and O–H groups in total. The molecule has 0 unspecified atom stereocenters. The van der Waals surface area contributed by atoms with Crippen molar-refractivity contribution in [3.8, 4) is 0 Å². The van der Waals surface area contributed by atoms with Gasteiger partial charge in [0.2, 0.25) is 0 Å². The highest BCUT2D eigenvalue weighted by Crippen LogP contribution is 2.32. The molecular formula is C15H22O. The molecule has 0 radical (unpaired) electrons. The predicted molar refractivity (Wildman–Crippen MR) is 68.6 cm³/mol. The van der Waals surface area contributed by atoms with Crippen LogP contribution in [0.3, 0.4) is 0 Å². The highest BCUT2D eigenvalue weighted by Gasteiger charge is 2.27. The first-order valence-electron chi connectivity index (χ1n) is 6.36. The van der Waals surface area contributed by atoms with Crippen molar-refractivity contribution in [3.63, 3.8) is 0 Å². The van der Waals surface area contributed by atoms with Crippen LogP contribution in [0.25, 0.3) is 0 Å². The van der Waals surface area contributed by atoms with Gasteiger partial charge in [-0.25, -0.2) is 0 Å².